The molecular formula is C36H58Cl2N2O6. The number of hydrogen-bond donors (Lipinski definition) is 2. The van der Waals surface area contributed by atoms with E-state index in [1.54, 1.807) is 12.1 Å². The molecule has 0 amide bonds. The number of rotatable bonds is 22. The van der Waals surface area contributed by atoms with Crippen molar-refractivity contribution in [2.75, 3.05) is 52.5 Å². The maximum atomic E-state index is 11.0. The topological polar surface area (TPSA) is 103 Å². The van der Waals surface area contributed by atoms with Crippen molar-refractivity contribution in [3.63, 3.8) is 0 Å². The molecule has 2 aromatic carbocycles. The van der Waals surface area contributed by atoms with Crippen molar-refractivity contribution in [3.8, 4) is 0 Å². The molecule has 0 fully saturated rings. The van der Waals surface area contributed by atoms with Crippen molar-refractivity contribution in [3.05, 3.63) is 47.5 Å². The lowest BCUT2D eigenvalue weighted by molar-refractivity contribution is 0.0686. The van der Waals surface area contributed by atoms with Crippen LogP contribution in [0, 0.1) is 0 Å². The minimum Gasteiger partial charge on any atom is -0.478 e. The quantitative estimate of drug-likeness (QED) is 0.101. The molecule has 2 N–H and O–H groups in total. The molecule has 0 bridgehead atoms. The molecule has 10 heteroatoms. The third kappa shape index (κ3) is 16.0. The summed E-state index contributed by atoms with van der Waals surface area (Å²) in [7, 11) is 0. The molecule has 0 aliphatic carbocycles. The van der Waals surface area contributed by atoms with Crippen molar-refractivity contribution in [2.24, 2.45) is 0 Å². The van der Waals surface area contributed by atoms with Crippen LogP contribution in [0.2, 0.25) is 0 Å². The lowest BCUT2D eigenvalue weighted by Crippen LogP contribution is -2.28. The second-order valence-electron chi connectivity index (χ2n) is 11.6. The molecule has 0 radical (unpaired) electrons. The predicted octanol–water partition coefficient (Wildman–Crippen LogP) is 9.41. The Morgan fingerprint density at radius 3 is 1.22 bits per heavy atom. The molecule has 0 atom stereocenters. The van der Waals surface area contributed by atoms with E-state index in [1.807, 2.05) is 0 Å². The van der Waals surface area contributed by atoms with Crippen LogP contribution in [-0.4, -0.2) is 84.4 Å². The second kappa shape index (κ2) is 25.7. The molecule has 8 nitrogen and oxygen atoms in total. The minimum atomic E-state index is -1.04. The Balaban J connectivity index is 0.000000864. The van der Waals surface area contributed by atoms with Gasteiger partial charge in [-0.15, -0.1) is 24.8 Å². The van der Waals surface area contributed by atoms with Gasteiger partial charge >= 0.3 is 11.9 Å². The van der Waals surface area contributed by atoms with Crippen LogP contribution in [0.5, 0.6) is 0 Å². The van der Waals surface area contributed by atoms with E-state index in [0.29, 0.717) is 21.9 Å². The molecule has 262 valence electrons. The fourth-order valence-corrected chi connectivity index (χ4v) is 5.12. The molecule has 0 saturated carbocycles. The van der Waals surface area contributed by atoms with Gasteiger partial charge in [0.05, 0.1) is 11.1 Å². The molecule has 0 spiro atoms. The number of halogens is 2. The summed E-state index contributed by atoms with van der Waals surface area (Å²) in [6, 6.07) is 9.00. The van der Waals surface area contributed by atoms with Gasteiger partial charge in [0, 0.05) is 37.1 Å². The van der Waals surface area contributed by atoms with Gasteiger partial charge in [-0.3, -0.25) is 0 Å². The molecule has 0 unspecified atom stereocenters. The van der Waals surface area contributed by atoms with Gasteiger partial charge in [-0.25, -0.2) is 9.59 Å². The maximum Gasteiger partial charge on any atom is 0.335 e. The Morgan fingerprint density at radius 2 is 0.913 bits per heavy atom. The average Bonchev–Trinajstić information content (AvgIpc) is 3.39. The van der Waals surface area contributed by atoms with Gasteiger partial charge in [0.15, 0.2) is 0 Å². The third-order valence-corrected chi connectivity index (χ3v) is 7.80. The van der Waals surface area contributed by atoms with Gasteiger partial charge < -0.3 is 29.2 Å². The first-order chi connectivity index (χ1) is 21.3. The fraction of sp³-hybridized carbons (Fsp3) is 0.611. The second-order valence-corrected chi connectivity index (χ2v) is 11.6. The van der Waals surface area contributed by atoms with Crippen LogP contribution in [0.25, 0.3) is 21.9 Å². The molecule has 0 saturated heterocycles. The van der Waals surface area contributed by atoms with E-state index >= 15 is 0 Å². The molecule has 3 aromatic rings. The number of ether oxygens (including phenoxy) is 1. The van der Waals surface area contributed by atoms with Crippen LogP contribution in [-0.2, 0) is 4.74 Å². The number of nitrogens with zero attached hydrogens (tertiary/aromatic N) is 2. The number of unbranched alkanes of at least 4 members (excludes halogenated alkanes) is 4. The molecule has 3 rings (SSSR count). The summed E-state index contributed by atoms with van der Waals surface area (Å²) in [6.45, 7) is 18.5. The van der Waals surface area contributed by atoms with Crippen LogP contribution in [0.4, 0.5) is 0 Å². The highest BCUT2D eigenvalue weighted by Crippen LogP contribution is 2.30. The largest absolute Gasteiger partial charge is 0.478 e. The first-order valence-corrected chi connectivity index (χ1v) is 16.8. The summed E-state index contributed by atoms with van der Waals surface area (Å²) in [5.41, 5.74) is 1.33. The van der Waals surface area contributed by atoms with Crippen LogP contribution >= 0.6 is 24.8 Å². The zero-order valence-corrected chi connectivity index (χ0v) is 30.1. The average molecular weight is 686 g/mol. The van der Waals surface area contributed by atoms with Gasteiger partial charge in [0.2, 0.25) is 0 Å². The summed E-state index contributed by atoms with van der Waals surface area (Å²) in [6.07, 6.45) is 12.9. The lowest BCUT2D eigenvalue weighted by Gasteiger charge is -2.22. The number of aromatic carboxylic acids is 2. The summed E-state index contributed by atoms with van der Waals surface area (Å²) in [5, 5.41) is 19.1. The molecule has 0 aliphatic heterocycles. The molecule has 1 heterocycles. The number of hydrogen-bond acceptors (Lipinski definition) is 6. The Kier molecular flexibility index (Phi) is 24.4. The smallest absolute Gasteiger partial charge is 0.335 e. The monoisotopic (exact) mass is 684 g/mol. The number of carboxylic acids is 2. The maximum absolute atomic E-state index is 11.0. The van der Waals surface area contributed by atoms with Gasteiger partial charge in [-0.05, 0) is 101 Å². The van der Waals surface area contributed by atoms with Crippen molar-refractivity contribution in [2.45, 2.75) is 91.9 Å². The highest BCUT2D eigenvalue weighted by Gasteiger charge is 2.13. The summed E-state index contributed by atoms with van der Waals surface area (Å²) >= 11 is 0. The zero-order chi connectivity index (χ0) is 32.2. The molecule has 0 aliphatic rings. The summed E-state index contributed by atoms with van der Waals surface area (Å²) in [4.78, 5) is 27.2. The van der Waals surface area contributed by atoms with Crippen molar-refractivity contribution < 1.29 is 29.0 Å². The number of carbonyl (C=O) groups is 2. The Hall–Kier alpha value is -2.36. The SMILES string of the molecule is CCCCN(CCCC)CCCOCCCN(CCCC)CCCC.Cl.Cl.O=C(O)c1ccc2oc3ccc(C(=O)O)cc3c2c1. The number of carboxylic acid groups (broad SMARTS) is 2. The lowest BCUT2D eigenvalue weighted by atomic mass is 10.1. The van der Waals surface area contributed by atoms with Crippen LogP contribution < -0.4 is 0 Å². The first-order valence-electron chi connectivity index (χ1n) is 16.8. The normalized spacial score (nSPS) is 10.9. The van der Waals surface area contributed by atoms with E-state index in [-0.39, 0.29) is 35.9 Å². The van der Waals surface area contributed by atoms with Gasteiger partial charge in [-0.2, -0.15) is 0 Å². The number of fused-ring (bicyclic) bond motifs is 3. The van der Waals surface area contributed by atoms with Crippen LogP contribution in [0.15, 0.2) is 40.8 Å². The van der Waals surface area contributed by atoms with Gasteiger partial charge in [-0.1, -0.05) is 53.4 Å². The summed E-state index contributed by atoms with van der Waals surface area (Å²) in [5.74, 6) is -2.07. The number of furan rings is 1. The van der Waals surface area contributed by atoms with Crippen LogP contribution in [0.3, 0.4) is 0 Å². The van der Waals surface area contributed by atoms with E-state index in [1.165, 1.54) is 128 Å². The standard InChI is InChI=1S/C22H48N2O.C14H8O5.2ClH/c1-5-9-15-23(16-10-6-2)19-13-21-25-22-14-20-24(17-11-7-3)18-12-8-4;15-13(16)7-1-3-11-9(5-7)10-6-8(14(17)18)2-4-12(10)19-11;;/h5-22H2,1-4H3;1-6H,(H,15,16)(H,17,18);2*1H. The van der Waals surface area contributed by atoms with Crippen molar-refractivity contribution >= 4 is 58.7 Å². The Labute approximate surface area is 288 Å². The Morgan fingerprint density at radius 1 is 0.587 bits per heavy atom. The van der Waals surface area contributed by atoms with E-state index in [9.17, 15) is 9.59 Å². The van der Waals surface area contributed by atoms with Gasteiger partial charge in [0.1, 0.15) is 11.2 Å². The van der Waals surface area contributed by atoms with Gasteiger partial charge in [0.25, 0.3) is 0 Å². The molecule has 46 heavy (non-hydrogen) atoms. The third-order valence-electron chi connectivity index (χ3n) is 7.80. The van der Waals surface area contributed by atoms with E-state index < -0.39 is 11.9 Å². The highest BCUT2D eigenvalue weighted by molar-refractivity contribution is 6.09. The zero-order valence-electron chi connectivity index (χ0n) is 28.4. The summed E-state index contributed by atoms with van der Waals surface area (Å²) < 4.78 is 11.4. The number of benzene rings is 2. The van der Waals surface area contributed by atoms with Crippen LogP contribution in [0.1, 0.15) is 113 Å². The fourth-order valence-electron chi connectivity index (χ4n) is 5.12. The van der Waals surface area contributed by atoms with Crippen molar-refractivity contribution in [1.82, 2.24) is 9.80 Å². The van der Waals surface area contributed by atoms with Crippen molar-refractivity contribution in [1.29, 1.82) is 0 Å². The van der Waals surface area contributed by atoms with E-state index in [0.717, 1.165) is 13.2 Å². The van der Waals surface area contributed by atoms with E-state index in [4.69, 9.17) is 19.4 Å². The Bertz CT molecular complexity index is 1140. The first kappa shape index (κ1) is 43.6. The highest BCUT2D eigenvalue weighted by atomic mass is 35.5. The minimum absolute atomic E-state index is 0. The predicted molar refractivity (Wildman–Crippen MR) is 195 cm³/mol. The molecular weight excluding hydrogens is 627 g/mol. The van der Waals surface area contributed by atoms with E-state index in [2.05, 4.69) is 37.5 Å². The molecule has 1 aromatic heterocycles.